The van der Waals surface area contributed by atoms with Crippen LogP contribution in [0.1, 0.15) is 24.4 Å². The molecule has 0 aliphatic carbocycles. The summed E-state index contributed by atoms with van der Waals surface area (Å²) in [5, 5.41) is 13.9. The molecule has 0 N–H and O–H groups in total. The minimum Gasteiger partial charge on any atom is -0.308 e. The van der Waals surface area contributed by atoms with Crippen molar-refractivity contribution in [2.45, 2.75) is 25.1 Å². The van der Waals surface area contributed by atoms with E-state index in [0.717, 1.165) is 23.2 Å². The van der Waals surface area contributed by atoms with E-state index in [-0.39, 0.29) is 18.5 Å². The largest absolute Gasteiger partial charge is 0.308 e. The molecule has 0 saturated carbocycles. The van der Waals surface area contributed by atoms with E-state index in [4.69, 9.17) is 5.26 Å². The van der Waals surface area contributed by atoms with Crippen LogP contribution in [0.15, 0.2) is 23.3 Å². The Hall–Kier alpha value is -2.56. The van der Waals surface area contributed by atoms with Crippen LogP contribution >= 0.6 is 0 Å². The highest BCUT2D eigenvalue weighted by Crippen LogP contribution is 2.33. The lowest BCUT2D eigenvalue weighted by molar-refractivity contribution is -0.141. The summed E-state index contributed by atoms with van der Waals surface area (Å²) in [5.41, 5.74) is 0.281. The van der Waals surface area contributed by atoms with E-state index >= 15 is 0 Å². The Kier molecular flexibility index (Phi) is 4.42. The Balaban J connectivity index is 1.79. The first-order valence-electron chi connectivity index (χ1n) is 7.60. The molecule has 2 heterocycles. The predicted octanol–water partition coefficient (Wildman–Crippen LogP) is 2.37. The third kappa shape index (κ3) is 3.07. The Bertz CT molecular complexity index is 698. The van der Waals surface area contributed by atoms with Crippen molar-refractivity contribution in [1.82, 2.24) is 9.91 Å². The first-order valence-corrected chi connectivity index (χ1v) is 7.60. The number of nitriles is 1. The van der Waals surface area contributed by atoms with Crippen molar-refractivity contribution in [2.24, 2.45) is 11.0 Å². The number of likely N-dealkylation sites (tertiary alicyclic amines) is 1. The number of carbonyl (C=O) groups is 1. The number of benzene rings is 1. The Morgan fingerprint density at radius 1 is 1.29 bits per heavy atom. The van der Waals surface area contributed by atoms with Crippen LogP contribution in [0.5, 0.6) is 0 Å². The van der Waals surface area contributed by atoms with Gasteiger partial charge in [-0.05, 0) is 24.1 Å². The Morgan fingerprint density at radius 3 is 2.62 bits per heavy atom. The van der Waals surface area contributed by atoms with Crippen LogP contribution in [-0.4, -0.2) is 41.3 Å². The molecule has 0 radical (unpaired) electrons. The van der Waals surface area contributed by atoms with E-state index in [1.165, 1.54) is 11.1 Å². The zero-order chi connectivity index (χ0) is 17.3. The fourth-order valence-electron chi connectivity index (χ4n) is 3.11. The highest BCUT2D eigenvalue weighted by atomic mass is 19.1. The SMILES string of the molecule is N#CN1CC[C@@H](C(=O)N2N=CC[C@H]2c2cc(F)cc(F)c2)[C@@H](F)C1. The van der Waals surface area contributed by atoms with Gasteiger partial charge in [-0.25, -0.2) is 18.2 Å². The molecule has 126 valence electrons. The maximum atomic E-state index is 14.2. The number of amides is 1. The monoisotopic (exact) mass is 336 g/mol. The van der Waals surface area contributed by atoms with E-state index in [2.05, 4.69) is 5.10 Å². The second kappa shape index (κ2) is 6.51. The predicted molar refractivity (Wildman–Crippen MR) is 79.2 cm³/mol. The second-order valence-corrected chi connectivity index (χ2v) is 5.89. The zero-order valence-electron chi connectivity index (χ0n) is 12.7. The number of nitrogens with zero attached hydrogens (tertiary/aromatic N) is 4. The van der Waals surface area contributed by atoms with Crippen LogP contribution in [0.4, 0.5) is 13.2 Å². The summed E-state index contributed by atoms with van der Waals surface area (Å²) in [5.74, 6) is -2.92. The lowest BCUT2D eigenvalue weighted by Crippen LogP contribution is -2.46. The summed E-state index contributed by atoms with van der Waals surface area (Å²) in [4.78, 5) is 13.9. The third-order valence-electron chi connectivity index (χ3n) is 4.33. The topological polar surface area (TPSA) is 59.7 Å². The molecule has 1 saturated heterocycles. The average Bonchev–Trinajstić information content (AvgIpc) is 3.02. The van der Waals surface area contributed by atoms with Crippen LogP contribution in [0.25, 0.3) is 0 Å². The third-order valence-corrected chi connectivity index (χ3v) is 4.33. The number of rotatable bonds is 2. The minimum atomic E-state index is -1.48. The van der Waals surface area contributed by atoms with Crippen molar-refractivity contribution in [3.05, 3.63) is 35.4 Å². The molecule has 0 aromatic heterocycles. The van der Waals surface area contributed by atoms with Crippen LogP contribution in [0.3, 0.4) is 0 Å². The van der Waals surface area contributed by atoms with Crippen molar-refractivity contribution in [3.8, 4) is 6.19 Å². The highest BCUT2D eigenvalue weighted by Gasteiger charge is 2.40. The summed E-state index contributed by atoms with van der Waals surface area (Å²) in [6.45, 7) is 0.161. The number of carbonyl (C=O) groups excluding carboxylic acids is 1. The quantitative estimate of drug-likeness (QED) is 0.779. The summed E-state index contributed by atoms with van der Waals surface area (Å²) in [7, 11) is 0. The van der Waals surface area contributed by atoms with Gasteiger partial charge in [-0.15, -0.1) is 0 Å². The van der Waals surface area contributed by atoms with Gasteiger partial charge >= 0.3 is 0 Å². The number of hydrogen-bond donors (Lipinski definition) is 0. The first-order chi connectivity index (χ1) is 11.5. The summed E-state index contributed by atoms with van der Waals surface area (Å²) < 4.78 is 41.1. The number of halogens is 3. The number of hydrogen-bond acceptors (Lipinski definition) is 4. The average molecular weight is 336 g/mol. The molecule has 0 spiro atoms. The van der Waals surface area contributed by atoms with Gasteiger partial charge in [-0.2, -0.15) is 10.4 Å². The lowest BCUT2D eigenvalue weighted by Gasteiger charge is -2.33. The summed E-state index contributed by atoms with van der Waals surface area (Å²) in [6, 6.07) is 2.39. The Labute approximate surface area is 137 Å². The fraction of sp³-hybridized carbons (Fsp3) is 0.438. The lowest BCUT2D eigenvalue weighted by atomic mass is 9.93. The van der Waals surface area contributed by atoms with Crippen LogP contribution in [0.2, 0.25) is 0 Å². The molecular formula is C16H15F3N4O. The molecule has 0 unspecified atom stereocenters. The van der Waals surface area contributed by atoms with Gasteiger partial charge in [0.15, 0.2) is 6.19 Å². The molecule has 1 aromatic rings. The maximum absolute atomic E-state index is 14.2. The summed E-state index contributed by atoms with van der Waals surface area (Å²) >= 11 is 0. The van der Waals surface area contributed by atoms with Gasteiger partial charge in [0.1, 0.15) is 17.8 Å². The van der Waals surface area contributed by atoms with E-state index in [1.54, 1.807) is 0 Å². The number of alkyl halides is 1. The number of piperidine rings is 1. The molecule has 1 fully saturated rings. The molecule has 1 aromatic carbocycles. The van der Waals surface area contributed by atoms with Gasteiger partial charge in [0, 0.05) is 25.2 Å². The smallest absolute Gasteiger partial charge is 0.249 e. The van der Waals surface area contributed by atoms with Gasteiger partial charge in [-0.1, -0.05) is 0 Å². The van der Waals surface area contributed by atoms with Gasteiger partial charge in [0.05, 0.1) is 18.5 Å². The molecule has 1 amide bonds. The number of hydrazone groups is 1. The standard InChI is InChI=1S/C16H15F3N4O/c17-11-5-10(6-12(18)7-11)15-1-3-21-23(15)16(24)13-2-4-22(9-20)8-14(13)19/h3,5-7,13-15H,1-2,4,8H2/t13-,14+,15+/m1/s1. The normalized spacial score (nSPS) is 26.5. The van der Waals surface area contributed by atoms with Gasteiger partial charge in [-0.3, -0.25) is 4.79 Å². The second-order valence-electron chi connectivity index (χ2n) is 5.89. The molecular weight excluding hydrogens is 321 g/mol. The van der Waals surface area contributed by atoms with E-state index < -0.39 is 35.7 Å². The van der Waals surface area contributed by atoms with Crippen molar-refractivity contribution < 1.29 is 18.0 Å². The summed E-state index contributed by atoms with van der Waals surface area (Å²) in [6.07, 6.45) is 2.37. The van der Waals surface area contributed by atoms with Crippen molar-refractivity contribution >= 4 is 12.1 Å². The van der Waals surface area contributed by atoms with Crippen molar-refractivity contribution in [2.75, 3.05) is 13.1 Å². The Morgan fingerprint density at radius 2 is 2.00 bits per heavy atom. The zero-order valence-corrected chi connectivity index (χ0v) is 12.7. The molecule has 24 heavy (non-hydrogen) atoms. The van der Waals surface area contributed by atoms with Gasteiger partial charge in [0.2, 0.25) is 5.91 Å². The van der Waals surface area contributed by atoms with Crippen LogP contribution in [-0.2, 0) is 4.79 Å². The maximum Gasteiger partial charge on any atom is 0.249 e. The molecule has 3 atom stereocenters. The van der Waals surface area contributed by atoms with E-state index in [1.807, 2.05) is 6.19 Å². The van der Waals surface area contributed by atoms with Crippen molar-refractivity contribution in [3.63, 3.8) is 0 Å². The van der Waals surface area contributed by atoms with Crippen LogP contribution < -0.4 is 0 Å². The first kappa shape index (κ1) is 16.3. The van der Waals surface area contributed by atoms with E-state index in [9.17, 15) is 18.0 Å². The minimum absolute atomic E-state index is 0.135. The van der Waals surface area contributed by atoms with Gasteiger partial charge < -0.3 is 4.90 Å². The molecule has 5 nitrogen and oxygen atoms in total. The molecule has 3 rings (SSSR count). The molecule has 8 heteroatoms. The molecule has 0 bridgehead atoms. The fourth-order valence-corrected chi connectivity index (χ4v) is 3.11. The van der Waals surface area contributed by atoms with Crippen molar-refractivity contribution in [1.29, 1.82) is 5.26 Å². The highest BCUT2D eigenvalue weighted by molar-refractivity contribution is 5.82. The van der Waals surface area contributed by atoms with E-state index in [0.29, 0.717) is 13.0 Å². The van der Waals surface area contributed by atoms with Gasteiger partial charge in [0.25, 0.3) is 0 Å². The molecule has 2 aliphatic heterocycles. The molecule has 2 aliphatic rings. The van der Waals surface area contributed by atoms with Crippen LogP contribution in [0, 0.1) is 29.0 Å².